The van der Waals surface area contributed by atoms with Crippen LogP contribution in [-0.2, 0) is 30.5 Å². The predicted octanol–water partition coefficient (Wildman–Crippen LogP) is 8.14. The average Bonchev–Trinajstić information content (AvgIpc) is 4.19. The monoisotopic (exact) mass is 1070 g/mol. The number of hydrogen-bond donors (Lipinski definition) is 4. The molecule has 0 spiro atoms. The molecule has 21 heteroatoms. The third kappa shape index (κ3) is 13.3. The van der Waals surface area contributed by atoms with Gasteiger partial charge in [0.05, 0.1) is 56.6 Å². The van der Waals surface area contributed by atoms with Gasteiger partial charge in [-0.05, 0) is 99.6 Å². The van der Waals surface area contributed by atoms with E-state index in [0.717, 1.165) is 68.7 Å². The largest absolute Gasteiger partial charge is 0.478 e. The summed E-state index contributed by atoms with van der Waals surface area (Å²) in [4.78, 5) is 96.7. The highest BCUT2D eigenvalue weighted by Gasteiger charge is 2.42. The third-order valence-corrected chi connectivity index (χ3v) is 16.0. The van der Waals surface area contributed by atoms with Crippen molar-refractivity contribution in [2.45, 2.75) is 117 Å². The summed E-state index contributed by atoms with van der Waals surface area (Å²) in [6.45, 7) is 14.4. The number of pyridine rings is 1. The number of aryl methyl sites for hydroxylation is 2. The van der Waals surface area contributed by atoms with Gasteiger partial charge < -0.3 is 35.2 Å². The van der Waals surface area contributed by atoms with Crippen molar-refractivity contribution in [3.8, 4) is 27.3 Å². The van der Waals surface area contributed by atoms with Crippen molar-refractivity contribution in [1.82, 2.24) is 45.4 Å². The molecule has 4 aromatic heterocycles. The van der Waals surface area contributed by atoms with Crippen LogP contribution in [0.1, 0.15) is 89.6 Å². The standard InChI is InChI=1S/C55H66N12O7S2/c1-33-43(62-54(72)74-40-11-8-7-9-12-40)25-39(28-56-33)38-18-19-42-45(26-38)76-53(61-42)63-46(68)31-65-21-23-66(24-22-65)52-58-29-41(30-59-52)73-35(3)49(69)64-48(55(4,5)6)51(71)67-20-10-13-44(67)50(70)57-27-36-14-16-37(17-15-36)47-34(2)60-32-75-47/h14-19,25-26,28-30,32,35,40,44,48H,7-13,20-24,27,31H2,1-6H3,(H,57,70)(H,62,72)(H,64,69)(H,61,63,68). The molecule has 76 heavy (non-hydrogen) atoms. The predicted molar refractivity (Wildman–Crippen MR) is 294 cm³/mol. The molecular weight excluding hydrogens is 1000 g/mol. The first-order chi connectivity index (χ1) is 36.5. The van der Waals surface area contributed by atoms with Crippen molar-refractivity contribution >= 4 is 79.4 Å². The van der Waals surface area contributed by atoms with Crippen LogP contribution in [-0.4, -0.2) is 128 Å². The summed E-state index contributed by atoms with van der Waals surface area (Å²) in [5, 5.41) is 12.3. The quantitative estimate of drug-likeness (QED) is 0.0718. The van der Waals surface area contributed by atoms with Crippen LogP contribution in [0.3, 0.4) is 0 Å². The van der Waals surface area contributed by atoms with Crippen LogP contribution >= 0.6 is 22.7 Å². The average molecular weight is 1070 g/mol. The molecule has 5 amide bonds. The minimum atomic E-state index is -0.983. The highest BCUT2D eigenvalue weighted by atomic mass is 32.1. The van der Waals surface area contributed by atoms with Crippen LogP contribution in [0.25, 0.3) is 31.8 Å². The molecule has 3 atom stereocenters. The van der Waals surface area contributed by atoms with Crippen molar-refractivity contribution in [2.75, 3.05) is 54.8 Å². The van der Waals surface area contributed by atoms with Gasteiger partial charge in [0.25, 0.3) is 5.91 Å². The summed E-state index contributed by atoms with van der Waals surface area (Å²) in [7, 11) is 0. The fourth-order valence-electron chi connectivity index (χ4n) is 9.75. The van der Waals surface area contributed by atoms with E-state index >= 15 is 0 Å². The number of benzene rings is 2. The maximum atomic E-state index is 14.2. The minimum absolute atomic E-state index is 0.0510. The molecule has 1 saturated carbocycles. The number of anilines is 3. The highest BCUT2D eigenvalue weighted by Crippen LogP contribution is 2.33. The maximum absolute atomic E-state index is 14.2. The van der Waals surface area contributed by atoms with E-state index in [9.17, 15) is 24.0 Å². The Morgan fingerprint density at radius 1 is 0.789 bits per heavy atom. The summed E-state index contributed by atoms with van der Waals surface area (Å²) in [6.07, 6.45) is 9.63. The number of ether oxygens (including phenoxy) is 2. The van der Waals surface area contributed by atoms with Crippen LogP contribution in [0.5, 0.6) is 5.75 Å². The molecule has 6 heterocycles. The van der Waals surface area contributed by atoms with E-state index in [-0.39, 0.29) is 36.1 Å². The first-order valence-corrected chi connectivity index (χ1v) is 27.7. The molecule has 0 bridgehead atoms. The van der Waals surface area contributed by atoms with E-state index in [4.69, 9.17) is 9.47 Å². The van der Waals surface area contributed by atoms with E-state index in [0.29, 0.717) is 74.6 Å². The van der Waals surface area contributed by atoms with Crippen LogP contribution in [0.2, 0.25) is 0 Å². The molecule has 19 nitrogen and oxygen atoms in total. The van der Waals surface area contributed by atoms with Gasteiger partial charge >= 0.3 is 6.09 Å². The summed E-state index contributed by atoms with van der Waals surface area (Å²) in [5.74, 6) is -0.411. The Morgan fingerprint density at radius 2 is 1.53 bits per heavy atom. The number of hydrogen-bond acceptors (Lipinski definition) is 16. The molecular formula is C55H66N12O7S2. The van der Waals surface area contributed by atoms with Gasteiger partial charge in [0.1, 0.15) is 18.2 Å². The zero-order valence-corrected chi connectivity index (χ0v) is 45.5. The Bertz CT molecular complexity index is 3040. The van der Waals surface area contributed by atoms with Gasteiger partial charge in [-0.3, -0.25) is 34.4 Å². The molecule has 400 valence electrons. The maximum Gasteiger partial charge on any atom is 0.411 e. The molecule has 3 fully saturated rings. The zero-order valence-electron chi connectivity index (χ0n) is 43.9. The normalized spacial score (nSPS) is 17.2. The second kappa shape index (κ2) is 23.8. The van der Waals surface area contributed by atoms with Crippen molar-refractivity contribution in [3.05, 3.63) is 89.6 Å². The van der Waals surface area contributed by atoms with Crippen molar-refractivity contribution < 1.29 is 33.4 Å². The second-order valence-electron chi connectivity index (χ2n) is 20.8. The minimum Gasteiger partial charge on any atom is -0.478 e. The number of carbonyl (C=O) groups is 5. The molecule has 2 aromatic carbocycles. The summed E-state index contributed by atoms with van der Waals surface area (Å²) in [6, 6.07) is 14.2. The van der Waals surface area contributed by atoms with Gasteiger partial charge in [-0.2, -0.15) is 0 Å². The number of carbonyl (C=O) groups excluding carboxylic acids is 5. The Kier molecular flexibility index (Phi) is 16.9. The number of aromatic nitrogens is 5. The number of amides is 5. The van der Waals surface area contributed by atoms with Crippen molar-refractivity contribution in [1.29, 1.82) is 0 Å². The lowest BCUT2D eigenvalue weighted by Crippen LogP contribution is -2.59. The first-order valence-electron chi connectivity index (χ1n) is 26.0. The van der Waals surface area contributed by atoms with Crippen molar-refractivity contribution in [3.63, 3.8) is 0 Å². The number of nitrogens with one attached hydrogen (secondary N) is 4. The molecule has 3 unspecified atom stereocenters. The van der Waals surface area contributed by atoms with Crippen LogP contribution in [0.4, 0.5) is 21.6 Å². The molecule has 9 rings (SSSR count). The lowest BCUT2D eigenvalue weighted by molar-refractivity contribution is -0.144. The van der Waals surface area contributed by atoms with Gasteiger partial charge in [0.2, 0.25) is 23.7 Å². The van der Waals surface area contributed by atoms with Crippen LogP contribution < -0.4 is 30.9 Å². The fourth-order valence-corrected chi connectivity index (χ4v) is 11.5. The lowest BCUT2D eigenvalue weighted by Gasteiger charge is -2.36. The van der Waals surface area contributed by atoms with E-state index < -0.39 is 35.6 Å². The summed E-state index contributed by atoms with van der Waals surface area (Å²) < 4.78 is 12.5. The summed E-state index contributed by atoms with van der Waals surface area (Å²) in [5.41, 5.74) is 7.93. The Balaban J connectivity index is 0.715. The van der Waals surface area contributed by atoms with Gasteiger partial charge in [-0.25, -0.2) is 24.7 Å². The van der Waals surface area contributed by atoms with Crippen LogP contribution in [0, 0.1) is 19.3 Å². The SMILES string of the molecule is Cc1ncc(-c2ccc3nc(NC(=O)CN4CCN(c5ncc(OC(C)C(=O)NC(C(=O)N6CCCC6C(=O)NCc6ccc(-c7scnc7C)cc6)C(C)(C)C)cn5)CC4)sc3c2)cc1NC(=O)OC1CCCCC1. The Labute approximate surface area is 450 Å². The Morgan fingerprint density at radius 3 is 2.24 bits per heavy atom. The lowest BCUT2D eigenvalue weighted by atomic mass is 9.85. The number of likely N-dealkylation sites (tertiary alicyclic amines) is 1. The fraction of sp³-hybridized carbons (Fsp3) is 0.455. The second-order valence-corrected chi connectivity index (χ2v) is 22.7. The molecule has 0 radical (unpaired) electrons. The molecule has 2 saturated heterocycles. The molecule has 2 aliphatic heterocycles. The van der Waals surface area contributed by atoms with Crippen molar-refractivity contribution in [2.24, 2.45) is 5.41 Å². The van der Waals surface area contributed by atoms with E-state index in [1.165, 1.54) is 30.2 Å². The first kappa shape index (κ1) is 53.7. The van der Waals surface area contributed by atoms with E-state index in [2.05, 4.69) is 51.1 Å². The topological polar surface area (TPSA) is 226 Å². The van der Waals surface area contributed by atoms with E-state index in [1.54, 1.807) is 29.4 Å². The van der Waals surface area contributed by atoms with Gasteiger partial charge in [-0.1, -0.05) is 68.9 Å². The van der Waals surface area contributed by atoms with E-state index in [1.807, 2.05) is 93.6 Å². The number of rotatable bonds is 16. The zero-order chi connectivity index (χ0) is 53.5. The molecule has 4 N–H and O–H groups in total. The number of nitrogens with zero attached hydrogens (tertiary/aromatic N) is 8. The smallest absolute Gasteiger partial charge is 0.411 e. The number of piperazine rings is 1. The van der Waals surface area contributed by atoms with Gasteiger partial charge in [0, 0.05) is 51.0 Å². The van der Waals surface area contributed by atoms with Gasteiger partial charge in [-0.15, -0.1) is 11.3 Å². The number of fused-ring (bicyclic) bond motifs is 1. The third-order valence-electron chi connectivity index (χ3n) is 14.1. The van der Waals surface area contributed by atoms with Crippen LogP contribution in [0.15, 0.2) is 72.6 Å². The summed E-state index contributed by atoms with van der Waals surface area (Å²) >= 11 is 2.98. The number of thiazole rings is 2. The molecule has 6 aromatic rings. The highest BCUT2D eigenvalue weighted by molar-refractivity contribution is 7.22. The Hall–Kier alpha value is -7.10. The molecule has 1 aliphatic carbocycles. The molecule has 3 aliphatic rings. The van der Waals surface area contributed by atoms with Gasteiger partial charge in [0.15, 0.2) is 17.0 Å².